The fourth-order valence-corrected chi connectivity index (χ4v) is 3.55. The number of ether oxygens (including phenoxy) is 2. The van der Waals surface area contributed by atoms with Gasteiger partial charge in [0.1, 0.15) is 5.82 Å². The Morgan fingerprint density at radius 2 is 1.77 bits per heavy atom. The van der Waals surface area contributed by atoms with E-state index in [1.165, 1.54) is 0 Å². The Morgan fingerprint density at radius 1 is 1.03 bits per heavy atom. The number of benzene rings is 3. The standard InChI is InChI=1S/C23H20BrN3O3/c1-2-29-20-12-16(23-26-18-10-6-7-11-19(18)27-23)17(24)13-21(20)30-14-22(28)25-15-8-4-3-5-9-15/h3-13H,2,14H2,1H3,(H,25,28)(H,26,27). The van der Waals surface area contributed by atoms with Gasteiger partial charge in [0.05, 0.1) is 17.6 Å². The maximum atomic E-state index is 12.2. The lowest BCUT2D eigenvalue weighted by Crippen LogP contribution is -2.20. The van der Waals surface area contributed by atoms with Crippen LogP contribution in [0, 0.1) is 0 Å². The van der Waals surface area contributed by atoms with E-state index in [2.05, 4.69) is 31.2 Å². The molecule has 0 aliphatic heterocycles. The van der Waals surface area contributed by atoms with Crippen LogP contribution >= 0.6 is 15.9 Å². The molecule has 0 saturated carbocycles. The summed E-state index contributed by atoms with van der Waals surface area (Å²) in [5.74, 6) is 1.49. The molecule has 1 heterocycles. The average molecular weight is 466 g/mol. The third-order valence-corrected chi connectivity index (χ3v) is 5.05. The number of aromatic nitrogens is 2. The van der Waals surface area contributed by atoms with Gasteiger partial charge in [-0.3, -0.25) is 4.79 Å². The number of imidazole rings is 1. The summed E-state index contributed by atoms with van der Waals surface area (Å²) in [7, 11) is 0. The molecule has 1 aromatic heterocycles. The molecular formula is C23H20BrN3O3. The number of nitrogens with zero attached hydrogens (tertiary/aromatic N) is 1. The lowest BCUT2D eigenvalue weighted by atomic mass is 10.2. The number of halogens is 1. The van der Waals surface area contributed by atoms with Crippen molar-refractivity contribution in [2.24, 2.45) is 0 Å². The van der Waals surface area contributed by atoms with Gasteiger partial charge in [0.15, 0.2) is 18.1 Å². The van der Waals surface area contributed by atoms with E-state index in [9.17, 15) is 4.79 Å². The van der Waals surface area contributed by atoms with Gasteiger partial charge in [-0.25, -0.2) is 4.98 Å². The summed E-state index contributed by atoms with van der Waals surface area (Å²) in [6.45, 7) is 2.23. The second-order valence-electron chi connectivity index (χ2n) is 6.52. The van der Waals surface area contributed by atoms with Crippen molar-refractivity contribution in [3.05, 3.63) is 71.2 Å². The summed E-state index contributed by atoms with van der Waals surface area (Å²) in [5, 5.41) is 2.80. The number of fused-ring (bicyclic) bond motifs is 1. The molecular weight excluding hydrogens is 446 g/mol. The van der Waals surface area contributed by atoms with E-state index in [1.807, 2.05) is 67.6 Å². The first kappa shape index (κ1) is 20.0. The zero-order chi connectivity index (χ0) is 20.9. The van der Waals surface area contributed by atoms with Crippen LogP contribution in [0.1, 0.15) is 6.92 Å². The van der Waals surface area contributed by atoms with Crippen LogP contribution in [0.15, 0.2) is 71.2 Å². The van der Waals surface area contributed by atoms with Crippen molar-refractivity contribution in [2.75, 3.05) is 18.5 Å². The molecule has 0 aliphatic rings. The zero-order valence-corrected chi connectivity index (χ0v) is 17.9. The number of H-pyrrole nitrogens is 1. The van der Waals surface area contributed by atoms with E-state index in [4.69, 9.17) is 9.47 Å². The molecule has 0 atom stereocenters. The van der Waals surface area contributed by atoms with Crippen molar-refractivity contribution in [3.63, 3.8) is 0 Å². The van der Waals surface area contributed by atoms with E-state index in [0.717, 1.165) is 32.6 Å². The van der Waals surface area contributed by atoms with Crippen LogP contribution in [-0.4, -0.2) is 29.1 Å². The number of carbonyl (C=O) groups excluding carboxylic acids is 1. The van der Waals surface area contributed by atoms with Crippen molar-refractivity contribution in [1.82, 2.24) is 9.97 Å². The lowest BCUT2D eigenvalue weighted by molar-refractivity contribution is -0.118. The second kappa shape index (κ2) is 9.00. The molecule has 1 amide bonds. The largest absolute Gasteiger partial charge is 0.490 e. The first-order chi connectivity index (χ1) is 14.6. The third kappa shape index (κ3) is 4.46. The number of amides is 1. The molecule has 0 saturated heterocycles. The van der Waals surface area contributed by atoms with Gasteiger partial charge >= 0.3 is 0 Å². The third-order valence-electron chi connectivity index (χ3n) is 4.39. The predicted molar refractivity (Wildman–Crippen MR) is 121 cm³/mol. The zero-order valence-electron chi connectivity index (χ0n) is 16.3. The summed E-state index contributed by atoms with van der Waals surface area (Å²) in [5.41, 5.74) is 3.40. The monoisotopic (exact) mass is 465 g/mol. The Morgan fingerprint density at radius 3 is 2.53 bits per heavy atom. The van der Waals surface area contributed by atoms with Crippen LogP contribution in [0.25, 0.3) is 22.4 Å². The van der Waals surface area contributed by atoms with Crippen LogP contribution in [0.4, 0.5) is 5.69 Å². The highest BCUT2D eigenvalue weighted by molar-refractivity contribution is 9.10. The quantitative estimate of drug-likeness (QED) is 0.382. The minimum atomic E-state index is -0.249. The molecule has 4 aromatic rings. The van der Waals surface area contributed by atoms with Crippen molar-refractivity contribution >= 4 is 38.6 Å². The van der Waals surface area contributed by atoms with Crippen LogP contribution < -0.4 is 14.8 Å². The van der Waals surface area contributed by atoms with Gasteiger partial charge in [-0.15, -0.1) is 0 Å². The van der Waals surface area contributed by atoms with Crippen LogP contribution in [0.3, 0.4) is 0 Å². The Kier molecular flexibility index (Phi) is 5.99. The van der Waals surface area contributed by atoms with Crippen LogP contribution in [0.2, 0.25) is 0 Å². The Hall–Kier alpha value is -3.32. The van der Waals surface area contributed by atoms with Gasteiger partial charge in [-0.05, 0) is 59.3 Å². The maximum absolute atomic E-state index is 12.2. The Balaban J connectivity index is 1.56. The summed E-state index contributed by atoms with van der Waals surface area (Å²) in [4.78, 5) is 20.2. The second-order valence-corrected chi connectivity index (χ2v) is 7.37. The van der Waals surface area contributed by atoms with Gasteiger partial charge in [0, 0.05) is 15.7 Å². The molecule has 2 N–H and O–H groups in total. The normalized spacial score (nSPS) is 10.7. The first-order valence-corrected chi connectivity index (χ1v) is 10.3. The number of hydrogen-bond acceptors (Lipinski definition) is 4. The highest BCUT2D eigenvalue weighted by Gasteiger charge is 2.16. The number of anilines is 1. The van der Waals surface area contributed by atoms with Crippen molar-refractivity contribution in [2.45, 2.75) is 6.92 Å². The highest BCUT2D eigenvalue weighted by atomic mass is 79.9. The molecule has 0 fully saturated rings. The highest BCUT2D eigenvalue weighted by Crippen LogP contribution is 2.38. The molecule has 30 heavy (non-hydrogen) atoms. The molecule has 3 aromatic carbocycles. The molecule has 4 rings (SSSR count). The average Bonchev–Trinajstić information content (AvgIpc) is 3.18. The fraction of sp³-hybridized carbons (Fsp3) is 0.130. The Labute approximate surface area is 182 Å². The van der Waals surface area contributed by atoms with E-state index in [-0.39, 0.29) is 12.5 Å². The van der Waals surface area contributed by atoms with E-state index < -0.39 is 0 Å². The maximum Gasteiger partial charge on any atom is 0.262 e. The van der Waals surface area contributed by atoms with Crippen molar-refractivity contribution in [1.29, 1.82) is 0 Å². The SMILES string of the molecule is CCOc1cc(-c2nc3ccccc3[nH]2)c(Br)cc1OCC(=O)Nc1ccccc1. The van der Waals surface area contributed by atoms with Crippen LogP contribution in [0.5, 0.6) is 11.5 Å². The summed E-state index contributed by atoms with van der Waals surface area (Å²) >= 11 is 3.59. The molecule has 0 radical (unpaired) electrons. The minimum absolute atomic E-state index is 0.134. The Bertz CT molecular complexity index is 1140. The van der Waals surface area contributed by atoms with E-state index in [1.54, 1.807) is 6.07 Å². The first-order valence-electron chi connectivity index (χ1n) is 9.53. The minimum Gasteiger partial charge on any atom is -0.490 e. The molecule has 7 heteroatoms. The van der Waals surface area contributed by atoms with Gasteiger partial charge in [-0.2, -0.15) is 0 Å². The molecule has 0 unspecified atom stereocenters. The van der Waals surface area contributed by atoms with Crippen molar-refractivity contribution in [3.8, 4) is 22.9 Å². The van der Waals surface area contributed by atoms with Gasteiger partial charge in [0.2, 0.25) is 0 Å². The number of aromatic amines is 1. The van der Waals surface area contributed by atoms with E-state index >= 15 is 0 Å². The van der Waals surface area contributed by atoms with Crippen LogP contribution in [-0.2, 0) is 4.79 Å². The van der Waals surface area contributed by atoms with Gasteiger partial charge in [0.25, 0.3) is 5.91 Å². The number of para-hydroxylation sites is 3. The number of carbonyl (C=O) groups is 1. The summed E-state index contributed by atoms with van der Waals surface area (Å²) in [6, 6.07) is 20.7. The van der Waals surface area contributed by atoms with Crippen molar-refractivity contribution < 1.29 is 14.3 Å². The number of nitrogens with one attached hydrogen (secondary N) is 2. The lowest BCUT2D eigenvalue weighted by Gasteiger charge is -2.14. The number of rotatable bonds is 7. The predicted octanol–water partition coefficient (Wildman–Crippen LogP) is 5.41. The van der Waals surface area contributed by atoms with Gasteiger partial charge < -0.3 is 19.8 Å². The fourth-order valence-electron chi connectivity index (χ4n) is 3.04. The topological polar surface area (TPSA) is 76.2 Å². The molecule has 0 aliphatic carbocycles. The summed E-state index contributed by atoms with van der Waals surface area (Å²) in [6.07, 6.45) is 0. The number of hydrogen-bond donors (Lipinski definition) is 2. The van der Waals surface area contributed by atoms with Gasteiger partial charge in [-0.1, -0.05) is 30.3 Å². The molecule has 0 spiro atoms. The summed E-state index contributed by atoms with van der Waals surface area (Å²) < 4.78 is 12.3. The molecule has 152 valence electrons. The molecule has 6 nitrogen and oxygen atoms in total. The smallest absolute Gasteiger partial charge is 0.262 e. The molecule has 0 bridgehead atoms. The van der Waals surface area contributed by atoms with E-state index in [0.29, 0.717) is 18.1 Å².